The number of rotatable bonds is 5. The first-order chi connectivity index (χ1) is 14.1. The van der Waals surface area contributed by atoms with Crippen molar-refractivity contribution >= 4 is 16.6 Å². The first-order valence-corrected chi connectivity index (χ1v) is 9.03. The number of benzene rings is 2. The van der Waals surface area contributed by atoms with E-state index in [0.29, 0.717) is 11.5 Å². The van der Waals surface area contributed by atoms with Gasteiger partial charge in [-0.15, -0.1) is 0 Å². The lowest BCUT2D eigenvalue weighted by atomic mass is 9.97. The third kappa shape index (κ3) is 3.62. The summed E-state index contributed by atoms with van der Waals surface area (Å²) in [4.78, 5) is 9.29. The zero-order valence-corrected chi connectivity index (χ0v) is 16.5. The normalized spacial score (nSPS) is 11.6. The zero-order valence-electron chi connectivity index (χ0n) is 16.5. The molecular formula is C22H21N5O2. The van der Waals surface area contributed by atoms with E-state index in [4.69, 9.17) is 20.2 Å². The van der Waals surface area contributed by atoms with Crippen molar-refractivity contribution in [3.05, 3.63) is 72.3 Å². The van der Waals surface area contributed by atoms with Crippen molar-refractivity contribution in [1.29, 1.82) is 0 Å². The Balaban J connectivity index is 1.80. The summed E-state index contributed by atoms with van der Waals surface area (Å²) in [5.74, 6) is 1.39. The molecule has 0 atom stereocenters. The Morgan fingerprint density at radius 3 is 2.34 bits per heavy atom. The number of fused-ring (bicyclic) bond motifs is 1. The van der Waals surface area contributed by atoms with Gasteiger partial charge in [0.25, 0.3) is 0 Å². The quantitative estimate of drug-likeness (QED) is 0.565. The summed E-state index contributed by atoms with van der Waals surface area (Å²) in [7, 11) is 5.11. The lowest BCUT2D eigenvalue weighted by Gasteiger charge is -2.12. The molecule has 4 rings (SSSR count). The minimum atomic E-state index is 0.693. The third-order valence-corrected chi connectivity index (χ3v) is 4.68. The second kappa shape index (κ2) is 7.63. The third-order valence-electron chi connectivity index (χ3n) is 4.68. The van der Waals surface area contributed by atoms with Gasteiger partial charge in [0, 0.05) is 36.6 Å². The van der Waals surface area contributed by atoms with Gasteiger partial charge in [-0.05, 0) is 35.4 Å². The van der Waals surface area contributed by atoms with Gasteiger partial charge in [-0.1, -0.05) is 6.07 Å². The molecule has 7 nitrogen and oxygen atoms in total. The molecule has 0 saturated carbocycles. The number of nitrogens with two attached hydrogens (primary N) is 1. The molecule has 0 aliphatic rings. The van der Waals surface area contributed by atoms with Crippen molar-refractivity contribution in [2.75, 3.05) is 14.2 Å². The van der Waals surface area contributed by atoms with E-state index in [9.17, 15) is 0 Å². The number of aromatic nitrogens is 4. The van der Waals surface area contributed by atoms with Crippen LogP contribution in [0.15, 0.2) is 61.2 Å². The highest BCUT2D eigenvalue weighted by molar-refractivity contribution is 5.87. The first-order valence-electron chi connectivity index (χ1n) is 9.03. The van der Waals surface area contributed by atoms with Gasteiger partial charge in [-0.3, -0.25) is 9.67 Å². The highest BCUT2D eigenvalue weighted by Gasteiger charge is 2.11. The average molecular weight is 387 g/mol. The van der Waals surface area contributed by atoms with Crippen LogP contribution in [0.2, 0.25) is 0 Å². The number of hydrogen-bond donors (Lipinski definition) is 1. The van der Waals surface area contributed by atoms with Crippen LogP contribution in [-0.2, 0) is 7.05 Å². The molecule has 7 heteroatoms. The molecule has 0 fully saturated rings. The molecule has 2 aromatic heterocycles. The van der Waals surface area contributed by atoms with Crippen LogP contribution in [0.1, 0.15) is 11.1 Å². The fourth-order valence-electron chi connectivity index (χ4n) is 3.19. The minimum Gasteiger partial charge on any atom is -0.497 e. The molecule has 146 valence electrons. The van der Waals surface area contributed by atoms with E-state index >= 15 is 0 Å². The zero-order chi connectivity index (χ0) is 20.4. The van der Waals surface area contributed by atoms with Gasteiger partial charge in [-0.2, -0.15) is 5.10 Å². The van der Waals surface area contributed by atoms with Crippen LogP contribution in [0.3, 0.4) is 0 Å². The Hall–Kier alpha value is -3.87. The summed E-state index contributed by atoms with van der Waals surface area (Å²) < 4.78 is 12.5. The maximum Gasteiger partial charge on any atom is 0.123 e. The standard InChI is InChI=1S/C22H21N5O2/c1-27-13-16(11-25-27)22-12-24-20-5-4-14(8-21(20)26-22)19(10-23)15-6-17(28-2)9-18(7-15)29-3/h4-13H,23H2,1-3H3/b19-10+. The fourth-order valence-corrected chi connectivity index (χ4v) is 3.19. The second-order valence-electron chi connectivity index (χ2n) is 6.54. The van der Waals surface area contributed by atoms with E-state index in [0.717, 1.165) is 39.0 Å². The molecule has 0 unspecified atom stereocenters. The van der Waals surface area contributed by atoms with Crippen LogP contribution in [0.5, 0.6) is 11.5 Å². The molecule has 2 heterocycles. The van der Waals surface area contributed by atoms with Gasteiger partial charge in [0.05, 0.1) is 43.3 Å². The van der Waals surface area contributed by atoms with Crippen LogP contribution in [0.4, 0.5) is 0 Å². The Bertz CT molecular complexity index is 1190. The Morgan fingerprint density at radius 2 is 1.72 bits per heavy atom. The number of methoxy groups -OCH3 is 2. The van der Waals surface area contributed by atoms with E-state index in [1.807, 2.05) is 49.6 Å². The van der Waals surface area contributed by atoms with Crippen molar-refractivity contribution in [1.82, 2.24) is 19.7 Å². The summed E-state index contributed by atoms with van der Waals surface area (Å²) in [6, 6.07) is 11.6. The van der Waals surface area contributed by atoms with E-state index in [2.05, 4.69) is 10.1 Å². The highest BCUT2D eigenvalue weighted by atomic mass is 16.5. The molecule has 0 aliphatic carbocycles. The van der Waals surface area contributed by atoms with Crippen LogP contribution >= 0.6 is 0 Å². The van der Waals surface area contributed by atoms with Crippen LogP contribution in [-0.4, -0.2) is 34.0 Å². The van der Waals surface area contributed by atoms with Crippen molar-refractivity contribution in [3.8, 4) is 22.8 Å². The number of ether oxygens (including phenoxy) is 2. The van der Waals surface area contributed by atoms with Crippen molar-refractivity contribution in [2.45, 2.75) is 0 Å². The average Bonchev–Trinajstić information content (AvgIpc) is 3.19. The van der Waals surface area contributed by atoms with E-state index < -0.39 is 0 Å². The topological polar surface area (TPSA) is 88.1 Å². The number of nitrogens with zero attached hydrogens (tertiary/aromatic N) is 4. The van der Waals surface area contributed by atoms with Crippen LogP contribution in [0, 0.1) is 0 Å². The maximum atomic E-state index is 6.00. The van der Waals surface area contributed by atoms with E-state index in [1.165, 1.54) is 0 Å². The lowest BCUT2D eigenvalue weighted by Crippen LogP contribution is -1.96. The van der Waals surface area contributed by atoms with Crippen LogP contribution in [0.25, 0.3) is 27.9 Å². The van der Waals surface area contributed by atoms with Crippen molar-refractivity contribution < 1.29 is 9.47 Å². The Morgan fingerprint density at radius 1 is 0.966 bits per heavy atom. The predicted octanol–water partition coefficient (Wildman–Crippen LogP) is 3.40. The van der Waals surface area contributed by atoms with E-state index in [-0.39, 0.29) is 0 Å². The van der Waals surface area contributed by atoms with E-state index in [1.54, 1.807) is 37.5 Å². The Kier molecular flexibility index (Phi) is 4.87. The Labute approximate surface area is 168 Å². The largest absolute Gasteiger partial charge is 0.497 e. The summed E-state index contributed by atoms with van der Waals surface area (Å²) in [5.41, 5.74) is 11.9. The van der Waals surface area contributed by atoms with Gasteiger partial charge >= 0.3 is 0 Å². The number of hydrogen-bond acceptors (Lipinski definition) is 6. The maximum absolute atomic E-state index is 6.00. The molecule has 2 aromatic carbocycles. The van der Waals surface area contributed by atoms with Crippen molar-refractivity contribution in [3.63, 3.8) is 0 Å². The van der Waals surface area contributed by atoms with Crippen LogP contribution < -0.4 is 15.2 Å². The monoisotopic (exact) mass is 387 g/mol. The molecule has 2 N–H and O–H groups in total. The van der Waals surface area contributed by atoms with Gasteiger partial charge in [0.1, 0.15) is 11.5 Å². The highest BCUT2D eigenvalue weighted by Crippen LogP contribution is 2.31. The minimum absolute atomic E-state index is 0.693. The number of aryl methyl sites for hydroxylation is 1. The summed E-state index contributed by atoms with van der Waals surface area (Å²) in [6.07, 6.45) is 7.01. The molecule has 0 spiro atoms. The fraction of sp³-hybridized carbons (Fsp3) is 0.136. The molecule has 0 amide bonds. The van der Waals surface area contributed by atoms with Gasteiger partial charge in [0.15, 0.2) is 0 Å². The molecule has 29 heavy (non-hydrogen) atoms. The molecule has 0 aliphatic heterocycles. The van der Waals surface area contributed by atoms with Gasteiger partial charge < -0.3 is 15.2 Å². The summed E-state index contributed by atoms with van der Waals surface area (Å²) >= 11 is 0. The smallest absolute Gasteiger partial charge is 0.123 e. The SMILES string of the molecule is COc1cc(OC)cc(/C(=C/N)c2ccc3ncc(-c4cnn(C)c4)nc3c2)c1. The molecule has 0 bridgehead atoms. The van der Waals surface area contributed by atoms with Crippen molar-refractivity contribution in [2.24, 2.45) is 12.8 Å². The molecular weight excluding hydrogens is 366 g/mol. The summed E-state index contributed by atoms with van der Waals surface area (Å²) in [6.45, 7) is 0. The predicted molar refractivity (Wildman–Crippen MR) is 113 cm³/mol. The van der Waals surface area contributed by atoms with Gasteiger partial charge in [-0.25, -0.2) is 4.98 Å². The molecule has 4 aromatic rings. The first kappa shape index (κ1) is 18.5. The summed E-state index contributed by atoms with van der Waals surface area (Å²) in [5, 5.41) is 4.20. The lowest BCUT2D eigenvalue weighted by molar-refractivity contribution is 0.394. The second-order valence-corrected chi connectivity index (χ2v) is 6.54. The van der Waals surface area contributed by atoms with Gasteiger partial charge in [0.2, 0.25) is 0 Å². The molecule has 0 saturated heterocycles. The molecule has 0 radical (unpaired) electrons.